The van der Waals surface area contributed by atoms with Crippen LogP contribution in [0.25, 0.3) is 11.0 Å². The number of rotatable bonds is 3. The van der Waals surface area contributed by atoms with Gasteiger partial charge in [0.2, 0.25) is 0 Å². The summed E-state index contributed by atoms with van der Waals surface area (Å²) in [5, 5.41) is 0.994. The van der Waals surface area contributed by atoms with Gasteiger partial charge < -0.3 is 9.15 Å². The van der Waals surface area contributed by atoms with E-state index in [4.69, 9.17) is 9.15 Å². The van der Waals surface area contributed by atoms with Gasteiger partial charge in [0.1, 0.15) is 5.58 Å². The van der Waals surface area contributed by atoms with Gasteiger partial charge in [0.25, 0.3) is 0 Å². The van der Waals surface area contributed by atoms with Crippen LogP contribution in [-0.4, -0.2) is 12.6 Å². The SMILES string of the molecule is CCOC(=O)Cc1coc2cc(C)c(I)cc12. The Morgan fingerprint density at radius 3 is 2.94 bits per heavy atom. The molecule has 0 radical (unpaired) electrons. The Morgan fingerprint density at radius 1 is 1.47 bits per heavy atom. The highest BCUT2D eigenvalue weighted by Crippen LogP contribution is 2.26. The third kappa shape index (κ3) is 2.62. The lowest BCUT2D eigenvalue weighted by Gasteiger charge is -2.01. The largest absolute Gasteiger partial charge is 0.466 e. The van der Waals surface area contributed by atoms with Gasteiger partial charge in [0.05, 0.1) is 19.3 Å². The van der Waals surface area contributed by atoms with Crippen molar-refractivity contribution in [2.24, 2.45) is 0 Å². The first-order valence-electron chi connectivity index (χ1n) is 5.43. The average molecular weight is 344 g/mol. The molecule has 1 heterocycles. The van der Waals surface area contributed by atoms with Crippen molar-refractivity contribution in [2.75, 3.05) is 6.61 Å². The molecule has 90 valence electrons. The molecule has 0 aliphatic rings. The molecule has 0 atom stereocenters. The van der Waals surface area contributed by atoms with E-state index < -0.39 is 0 Å². The summed E-state index contributed by atoms with van der Waals surface area (Å²) in [7, 11) is 0. The average Bonchev–Trinajstić information content (AvgIpc) is 2.63. The van der Waals surface area contributed by atoms with E-state index in [1.54, 1.807) is 13.2 Å². The van der Waals surface area contributed by atoms with Gasteiger partial charge in [-0.15, -0.1) is 0 Å². The van der Waals surface area contributed by atoms with E-state index in [-0.39, 0.29) is 12.4 Å². The van der Waals surface area contributed by atoms with Crippen molar-refractivity contribution in [3.05, 3.63) is 33.1 Å². The van der Waals surface area contributed by atoms with Crippen LogP contribution in [0.4, 0.5) is 0 Å². The van der Waals surface area contributed by atoms with Crippen LogP contribution in [0.2, 0.25) is 0 Å². The molecule has 17 heavy (non-hydrogen) atoms. The van der Waals surface area contributed by atoms with E-state index >= 15 is 0 Å². The van der Waals surface area contributed by atoms with Crippen LogP contribution in [0.3, 0.4) is 0 Å². The van der Waals surface area contributed by atoms with Crippen LogP contribution < -0.4 is 0 Å². The predicted octanol–water partition coefficient (Wildman–Crippen LogP) is 3.45. The third-order valence-electron chi connectivity index (χ3n) is 2.58. The fourth-order valence-corrected chi connectivity index (χ4v) is 2.17. The van der Waals surface area contributed by atoms with E-state index in [1.165, 1.54) is 9.13 Å². The molecule has 4 heteroatoms. The standard InChI is InChI=1S/C13H13IO3/c1-3-16-13(15)5-9-7-17-12-4-8(2)11(14)6-10(9)12/h4,6-7H,3,5H2,1-2H3. The maximum atomic E-state index is 11.4. The molecule has 1 aromatic heterocycles. The van der Waals surface area contributed by atoms with E-state index in [2.05, 4.69) is 22.6 Å². The predicted molar refractivity (Wildman–Crippen MR) is 74.0 cm³/mol. The summed E-state index contributed by atoms with van der Waals surface area (Å²) in [6.45, 7) is 4.25. The second-order valence-corrected chi connectivity index (χ2v) is 5.00. The molecule has 0 bridgehead atoms. The molecule has 2 rings (SSSR count). The minimum Gasteiger partial charge on any atom is -0.466 e. The van der Waals surface area contributed by atoms with Crippen LogP contribution >= 0.6 is 22.6 Å². The van der Waals surface area contributed by atoms with Crippen LogP contribution in [0.5, 0.6) is 0 Å². The molecule has 2 aromatic rings. The first-order chi connectivity index (χ1) is 8.11. The van der Waals surface area contributed by atoms with Crippen molar-refractivity contribution in [1.29, 1.82) is 0 Å². The number of furan rings is 1. The Bertz CT molecular complexity index is 557. The van der Waals surface area contributed by atoms with Gasteiger partial charge in [-0.05, 0) is 54.1 Å². The quantitative estimate of drug-likeness (QED) is 0.632. The topological polar surface area (TPSA) is 39.4 Å². The summed E-state index contributed by atoms with van der Waals surface area (Å²) in [6, 6.07) is 4.04. The fraction of sp³-hybridized carbons (Fsp3) is 0.308. The number of halogens is 1. The molecule has 0 aliphatic heterocycles. The third-order valence-corrected chi connectivity index (χ3v) is 3.74. The molecule has 0 saturated heterocycles. The first kappa shape index (κ1) is 12.4. The Hall–Kier alpha value is -1.04. The van der Waals surface area contributed by atoms with Crippen molar-refractivity contribution < 1.29 is 13.9 Å². The van der Waals surface area contributed by atoms with Crippen LogP contribution in [0.15, 0.2) is 22.8 Å². The van der Waals surface area contributed by atoms with Crippen molar-refractivity contribution in [3.8, 4) is 0 Å². The zero-order valence-corrected chi connectivity index (χ0v) is 11.9. The maximum Gasteiger partial charge on any atom is 0.310 e. The smallest absolute Gasteiger partial charge is 0.310 e. The van der Waals surface area contributed by atoms with Crippen LogP contribution in [-0.2, 0) is 16.0 Å². The molecule has 0 aliphatic carbocycles. The summed E-state index contributed by atoms with van der Waals surface area (Å²) in [5.41, 5.74) is 2.88. The Labute approximate surface area is 113 Å². The van der Waals surface area contributed by atoms with Gasteiger partial charge in [-0.2, -0.15) is 0 Å². The summed E-state index contributed by atoms with van der Waals surface area (Å²) in [4.78, 5) is 11.4. The Kier molecular flexibility index (Phi) is 3.71. The number of fused-ring (bicyclic) bond motifs is 1. The minimum atomic E-state index is -0.217. The second-order valence-electron chi connectivity index (χ2n) is 3.84. The summed E-state index contributed by atoms with van der Waals surface area (Å²) in [5.74, 6) is -0.217. The van der Waals surface area contributed by atoms with Crippen LogP contribution in [0.1, 0.15) is 18.1 Å². The molecule has 0 amide bonds. The van der Waals surface area contributed by atoms with Gasteiger partial charge in [-0.1, -0.05) is 0 Å². The highest BCUT2D eigenvalue weighted by Gasteiger charge is 2.12. The first-order valence-corrected chi connectivity index (χ1v) is 6.51. The number of esters is 1. The number of benzene rings is 1. The second kappa shape index (κ2) is 5.08. The van der Waals surface area contributed by atoms with E-state index in [1.807, 2.05) is 19.1 Å². The number of carbonyl (C=O) groups is 1. The number of hydrogen-bond acceptors (Lipinski definition) is 3. The summed E-state index contributed by atoms with van der Waals surface area (Å²) in [6.07, 6.45) is 1.90. The molecule has 0 unspecified atom stereocenters. The van der Waals surface area contributed by atoms with Crippen LogP contribution in [0, 0.1) is 10.5 Å². The Balaban J connectivity index is 2.36. The van der Waals surface area contributed by atoms with Gasteiger partial charge in [0.15, 0.2) is 0 Å². The molecule has 1 aromatic carbocycles. The maximum absolute atomic E-state index is 11.4. The zero-order chi connectivity index (χ0) is 12.4. The molecule has 0 N–H and O–H groups in total. The van der Waals surface area contributed by atoms with Crippen molar-refractivity contribution in [3.63, 3.8) is 0 Å². The monoisotopic (exact) mass is 344 g/mol. The number of ether oxygens (including phenoxy) is 1. The lowest BCUT2D eigenvalue weighted by atomic mass is 10.1. The molecule has 0 saturated carbocycles. The fourth-order valence-electron chi connectivity index (χ4n) is 1.71. The van der Waals surface area contributed by atoms with E-state index in [9.17, 15) is 4.79 Å². The van der Waals surface area contributed by atoms with Crippen molar-refractivity contribution in [1.82, 2.24) is 0 Å². The van der Waals surface area contributed by atoms with Gasteiger partial charge in [-0.3, -0.25) is 4.79 Å². The highest BCUT2D eigenvalue weighted by molar-refractivity contribution is 14.1. The molecule has 3 nitrogen and oxygen atoms in total. The molecular weight excluding hydrogens is 331 g/mol. The highest BCUT2D eigenvalue weighted by atomic mass is 127. The van der Waals surface area contributed by atoms with E-state index in [0.717, 1.165) is 16.5 Å². The number of aryl methyl sites for hydroxylation is 1. The van der Waals surface area contributed by atoms with Gasteiger partial charge in [-0.25, -0.2) is 0 Å². The van der Waals surface area contributed by atoms with Crippen molar-refractivity contribution in [2.45, 2.75) is 20.3 Å². The molecular formula is C13H13IO3. The van der Waals surface area contributed by atoms with Gasteiger partial charge in [0, 0.05) is 14.5 Å². The lowest BCUT2D eigenvalue weighted by molar-refractivity contribution is -0.142. The number of hydrogen-bond donors (Lipinski definition) is 0. The lowest BCUT2D eigenvalue weighted by Crippen LogP contribution is -2.06. The summed E-state index contributed by atoms with van der Waals surface area (Å²) < 4.78 is 11.6. The van der Waals surface area contributed by atoms with Gasteiger partial charge >= 0.3 is 5.97 Å². The normalized spacial score (nSPS) is 10.8. The van der Waals surface area contributed by atoms with Crippen molar-refractivity contribution >= 4 is 39.5 Å². The van der Waals surface area contributed by atoms with E-state index in [0.29, 0.717) is 6.61 Å². The summed E-state index contributed by atoms with van der Waals surface area (Å²) >= 11 is 2.28. The molecule has 0 fully saturated rings. The molecule has 0 spiro atoms. The Morgan fingerprint density at radius 2 is 2.24 bits per heavy atom. The zero-order valence-electron chi connectivity index (χ0n) is 9.75. The minimum absolute atomic E-state index is 0.217. The number of carbonyl (C=O) groups excluding carboxylic acids is 1.